The maximum atomic E-state index is 13.9. The van der Waals surface area contributed by atoms with E-state index in [9.17, 15) is 13.6 Å². The Labute approximate surface area is 163 Å². The van der Waals surface area contributed by atoms with E-state index in [4.69, 9.17) is 10.3 Å². The average Bonchev–Trinajstić information content (AvgIpc) is 3.02. The number of aromatic nitrogens is 1. The number of hydrogen-bond acceptors (Lipinski definition) is 4. The SMILES string of the molecule is Cc1noc(C)c1C(=O)N(C)C1CCC([C@H](N)Cc2cc(F)ccc2F)CC1. The van der Waals surface area contributed by atoms with Crippen molar-refractivity contribution in [1.82, 2.24) is 10.1 Å². The quantitative estimate of drug-likeness (QED) is 0.842. The zero-order chi connectivity index (χ0) is 20.4. The Morgan fingerprint density at radius 3 is 2.57 bits per heavy atom. The molecule has 1 saturated carbocycles. The number of carbonyl (C=O) groups is 1. The fraction of sp³-hybridized carbons (Fsp3) is 0.524. The summed E-state index contributed by atoms with van der Waals surface area (Å²) < 4.78 is 32.4. The highest BCUT2D eigenvalue weighted by molar-refractivity contribution is 5.96. The standard InChI is InChI=1S/C21H27F2N3O2/c1-12-20(13(2)28-25-12)21(27)26(3)17-7-4-14(5-8-17)19(24)11-15-10-16(22)6-9-18(15)23/h6,9-10,14,17,19H,4-5,7-8,11,24H2,1-3H3/t14?,17?,19-/m1/s1. The third-order valence-electron chi connectivity index (χ3n) is 5.93. The Hall–Kier alpha value is -2.28. The summed E-state index contributed by atoms with van der Waals surface area (Å²) in [4.78, 5) is 14.6. The molecule has 0 bridgehead atoms. The minimum Gasteiger partial charge on any atom is -0.361 e. The van der Waals surface area contributed by atoms with Crippen molar-refractivity contribution in [1.29, 1.82) is 0 Å². The molecule has 7 heteroatoms. The van der Waals surface area contributed by atoms with Gasteiger partial charge in [0, 0.05) is 19.1 Å². The van der Waals surface area contributed by atoms with Gasteiger partial charge in [0.25, 0.3) is 5.91 Å². The van der Waals surface area contributed by atoms with Gasteiger partial charge in [0.1, 0.15) is 23.0 Å². The first kappa shape index (κ1) is 20.5. The molecule has 152 valence electrons. The molecule has 1 aliphatic carbocycles. The molecule has 1 aliphatic rings. The first-order chi connectivity index (χ1) is 13.3. The van der Waals surface area contributed by atoms with Gasteiger partial charge in [0.2, 0.25) is 0 Å². The van der Waals surface area contributed by atoms with Gasteiger partial charge in [-0.2, -0.15) is 0 Å². The molecule has 2 N–H and O–H groups in total. The van der Waals surface area contributed by atoms with Crippen molar-refractivity contribution in [2.45, 2.75) is 58.0 Å². The van der Waals surface area contributed by atoms with Crippen molar-refractivity contribution < 1.29 is 18.1 Å². The Balaban J connectivity index is 1.58. The second-order valence-corrected chi connectivity index (χ2v) is 7.79. The second kappa shape index (κ2) is 8.39. The summed E-state index contributed by atoms with van der Waals surface area (Å²) in [5, 5.41) is 3.86. The molecular weight excluding hydrogens is 364 g/mol. The monoisotopic (exact) mass is 391 g/mol. The normalized spacial score (nSPS) is 20.8. The minimum absolute atomic E-state index is 0.0779. The van der Waals surface area contributed by atoms with Gasteiger partial charge in [0.05, 0.1) is 5.69 Å². The maximum Gasteiger partial charge on any atom is 0.259 e. The summed E-state index contributed by atoms with van der Waals surface area (Å²) in [6.45, 7) is 3.50. The molecule has 5 nitrogen and oxygen atoms in total. The zero-order valence-electron chi connectivity index (χ0n) is 16.5. The van der Waals surface area contributed by atoms with Crippen LogP contribution in [-0.4, -0.2) is 35.1 Å². The van der Waals surface area contributed by atoms with Crippen LogP contribution in [0.4, 0.5) is 8.78 Å². The number of nitrogens with two attached hydrogens (primary N) is 1. The number of aryl methyl sites for hydroxylation is 2. The number of benzene rings is 1. The van der Waals surface area contributed by atoms with Gasteiger partial charge in [0.15, 0.2) is 0 Å². The van der Waals surface area contributed by atoms with E-state index in [-0.39, 0.29) is 23.9 Å². The van der Waals surface area contributed by atoms with Gasteiger partial charge >= 0.3 is 0 Å². The molecule has 1 aromatic heterocycles. The van der Waals surface area contributed by atoms with Gasteiger partial charge in [-0.05, 0) is 75.6 Å². The summed E-state index contributed by atoms with van der Waals surface area (Å²) >= 11 is 0. The Morgan fingerprint density at radius 1 is 1.29 bits per heavy atom. The van der Waals surface area contributed by atoms with E-state index in [1.54, 1.807) is 25.8 Å². The maximum absolute atomic E-state index is 13.9. The lowest BCUT2D eigenvalue weighted by atomic mass is 9.79. The van der Waals surface area contributed by atoms with Crippen molar-refractivity contribution >= 4 is 5.91 Å². The zero-order valence-corrected chi connectivity index (χ0v) is 16.5. The Morgan fingerprint density at radius 2 is 1.96 bits per heavy atom. The molecule has 28 heavy (non-hydrogen) atoms. The van der Waals surface area contributed by atoms with Gasteiger partial charge in [-0.1, -0.05) is 5.16 Å². The highest BCUT2D eigenvalue weighted by Crippen LogP contribution is 2.31. The Kier molecular flexibility index (Phi) is 6.13. The van der Waals surface area contributed by atoms with Crippen LogP contribution in [0.3, 0.4) is 0 Å². The molecule has 1 aromatic carbocycles. The van der Waals surface area contributed by atoms with Crippen LogP contribution in [0.25, 0.3) is 0 Å². The van der Waals surface area contributed by atoms with Crippen LogP contribution in [0.15, 0.2) is 22.7 Å². The summed E-state index contributed by atoms with van der Waals surface area (Å²) in [7, 11) is 1.81. The van der Waals surface area contributed by atoms with E-state index in [1.165, 1.54) is 6.07 Å². The average molecular weight is 391 g/mol. The lowest BCUT2D eigenvalue weighted by Crippen LogP contribution is -2.43. The van der Waals surface area contributed by atoms with Crippen LogP contribution in [-0.2, 0) is 6.42 Å². The second-order valence-electron chi connectivity index (χ2n) is 7.79. The van der Waals surface area contributed by atoms with Gasteiger partial charge in [-0.25, -0.2) is 8.78 Å². The van der Waals surface area contributed by atoms with Crippen LogP contribution < -0.4 is 5.73 Å². The topological polar surface area (TPSA) is 72.4 Å². The van der Waals surface area contributed by atoms with E-state index in [0.29, 0.717) is 29.0 Å². The summed E-state index contributed by atoms with van der Waals surface area (Å²) in [5.41, 5.74) is 7.76. The van der Waals surface area contributed by atoms with E-state index in [2.05, 4.69) is 5.16 Å². The van der Waals surface area contributed by atoms with E-state index < -0.39 is 11.6 Å². The van der Waals surface area contributed by atoms with Crippen molar-refractivity contribution in [3.05, 3.63) is 52.4 Å². The summed E-state index contributed by atoms with van der Waals surface area (Å²) in [5.74, 6) is -0.198. The molecule has 0 radical (unpaired) electrons. The highest BCUT2D eigenvalue weighted by atomic mass is 19.1. The minimum atomic E-state index is -0.452. The molecule has 1 atom stereocenters. The van der Waals surface area contributed by atoms with Crippen molar-refractivity contribution in [3.8, 4) is 0 Å². The number of halogens is 2. The van der Waals surface area contributed by atoms with Gasteiger partial charge < -0.3 is 15.2 Å². The van der Waals surface area contributed by atoms with Crippen LogP contribution in [0.1, 0.15) is 53.1 Å². The molecule has 0 aliphatic heterocycles. The van der Waals surface area contributed by atoms with Crippen molar-refractivity contribution in [3.63, 3.8) is 0 Å². The van der Waals surface area contributed by atoms with Crippen LogP contribution >= 0.6 is 0 Å². The largest absolute Gasteiger partial charge is 0.361 e. The van der Waals surface area contributed by atoms with Crippen molar-refractivity contribution in [2.24, 2.45) is 11.7 Å². The van der Waals surface area contributed by atoms with E-state index in [0.717, 1.165) is 37.8 Å². The highest BCUT2D eigenvalue weighted by Gasteiger charge is 2.31. The molecule has 0 spiro atoms. The predicted octanol–water partition coefficient (Wildman–Crippen LogP) is 3.77. The number of hydrogen-bond donors (Lipinski definition) is 1. The first-order valence-electron chi connectivity index (χ1n) is 9.67. The van der Waals surface area contributed by atoms with Crippen molar-refractivity contribution in [2.75, 3.05) is 7.05 Å². The molecule has 1 amide bonds. The molecule has 3 rings (SSSR count). The first-order valence-corrected chi connectivity index (χ1v) is 9.67. The van der Waals surface area contributed by atoms with Crippen LogP contribution in [0.5, 0.6) is 0 Å². The number of amides is 1. The van der Waals surface area contributed by atoms with Gasteiger partial charge in [-0.15, -0.1) is 0 Å². The van der Waals surface area contributed by atoms with E-state index >= 15 is 0 Å². The molecule has 1 fully saturated rings. The van der Waals surface area contributed by atoms with E-state index in [1.807, 2.05) is 0 Å². The van der Waals surface area contributed by atoms with Gasteiger partial charge in [-0.3, -0.25) is 4.79 Å². The number of nitrogens with zero attached hydrogens (tertiary/aromatic N) is 2. The molecule has 1 heterocycles. The third kappa shape index (κ3) is 4.24. The molecule has 0 unspecified atom stereocenters. The number of carbonyl (C=O) groups excluding carboxylic acids is 1. The van der Waals surface area contributed by atoms with Crippen LogP contribution in [0, 0.1) is 31.4 Å². The smallest absolute Gasteiger partial charge is 0.259 e. The third-order valence-corrected chi connectivity index (χ3v) is 5.93. The fourth-order valence-corrected chi connectivity index (χ4v) is 4.17. The molecule has 2 aromatic rings. The number of rotatable bonds is 5. The lowest BCUT2D eigenvalue weighted by molar-refractivity contribution is 0.0666. The Bertz CT molecular complexity index is 825. The molecule has 0 saturated heterocycles. The molecular formula is C21H27F2N3O2. The predicted molar refractivity (Wildman–Crippen MR) is 102 cm³/mol. The summed E-state index contributed by atoms with van der Waals surface area (Å²) in [6, 6.07) is 3.36. The summed E-state index contributed by atoms with van der Waals surface area (Å²) in [6.07, 6.45) is 3.67. The van der Waals surface area contributed by atoms with Crippen LogP contribution in [0.2, 0.25) is 0 Å². The lowest BCUT2D eigenvalue weighted by Gasteiger charge is -2.36. The fourth-order valence-electron chi connectivity index (χ4n) is 4.17.